The lowest BCUT2D eigenvalue weighted by molar-refractivity contribution is 0.173. The first-order valence-electron chi connectivity index (χ1n) is 5.24. The summed E-state index contributed by atoms with van der Waals surface area (Å²) in [6.07, 6.45) is 2.76. The molecule has 0 unspecified atom stereocenters. The molecule has 0 saturated carbocycles. The van der Waals surface area contributed by atoms with Crippen LogP contribution in [0.5, 0.6) is 0 Å². The van der Waals surface area contributed by atoms with Crippen molar-refractivity contribution in [2.45, 2.75) is 13.0 Å². The predicted octanol–water partition coefficient (Wildman–Crippen LogP) is 1.28. The molecule has 2 aromatic rings. The molecule has 0 bridgehead atoms. The molecule has 3 rings (SSSR count). The Kier molecular flexibility index (Phi) is 2.33. The Labute approximate surface area is 101 Å². The molecule has 0 atom stereocenters. The van der Waals surface area contributed by atoms with Gasteiger partial charge in [-0.05, 0) is 47.1 Å². The lowest BCUT2D eigenvalue weighted by Crippen LogP contribution is -2.36. The van der Waals surface area contributed by atoms with Crippen molar-refractivity contribution in [3.8, 4) is 0 Å². The third-order valence-corrected chi connectivity index (χ3v) is 3.53. The number of halogens is 1. The first kappa shape index (κ1) is 10.0. The van der Waals surface area contributed by atoms with E-state index in [-0.39, 0.29) is 0 Å². The predicted molar refractivity (Wildman–Crippen MR) is 65.0 cm³/mol. The van der Waals surface area contributed by atoms with Crippen molar-refractivity contribution in [2.75, 3.05) is 18.8 Å². The van der Waals surface area contributed by atoms with Crippen LogP contribution in [0, 0.1) is 0 Å². The molecule has 16 heavy (non-hydrogen) atoms. The molecule has 1 fully saturated rings. The molecule has 2 aromatic heterocycles. The van der Waals surface area contributed by atoms with Crippen LogP contribution in [-0.4, -0.2) is 32.6 Å². The minimum atomic E-state index is 0.538. The van der Waals surface area contributed by atoms with E-state index >= 15 is 0 Å². The molecular weight excluding hydrogens is 270 g/mol. The molecule has 0 aromatic carbocycles. The van der Waals surface area contributed by atoms with E-state index in [1.54, 1.807) is 4.52 Å². The third kappa shape index (κ3) is 1.49. The number of aromatic nitrogens is 3. The summed E-state index contributed by atoms with van der Waals surface area (Å²) in [6, 6.07) is 2.07. The molecule has 2 N–H and O–H groups in total. The maximum atomic E-state index is 5.89. The van der Waals surface area contributed by atoms with E-state index in [4.69, 9.17) is 5.73 Å². The number of rotatable bonds is 2. The summed E-state index contributed by atoms with van der Waals surface area (Å²) in [6.45, 7) is 3.26. The van der Waals surface area contributed by atoms with Crippen LogP contribution in [0.15, 0.2) is 17.0 Å². The van der Waals surface area contributed by atoms with Crippen molar-refractivity contribution in [1.82, 2.24) is 19.5 Å². The van der Waals surface area contributed by atoms with E-state index in [0.29, 0.717) is 5.82 Å². The average Bonchev–Trinajstić information content (AvgIpc) is 2.52. The van der Waals surface area contributed by atoms with Crippen molar-refractivity contribution in [3.05, 3.63) is 22.6 Å². The van der Waals surface area contributed by atoms with Crippen LogP contribution >= 0.6 is 15.9 Å². The van der Waals surface area contributed by atoms with E-state index < -0.39 is 0 Å². The van der Waals surface area contributed by atoms with E-state index in [2.05, 4.69) is 37.0 Å². The lowest BCUT2D eigenvalue weighted by atomic mass is 10.2. The van der Waals surface area contributed by atoms with Crippen LogP contribution in [0.1, 0.15) is 12.0 Å². The standard InChI is InChI=1S/C10H12BrN5/c11-8-4-7(5-15-2-1-3-15)9-10(12)13-6-14-16(8)9/h4,6H,1-3,5H2,(H2,12,13,14). The van der Waals surface area contributed by atoms with Gasteiger partial charge in [0.1, 0.15) is 16.4 Å². The van der Waals surface area contributed by atoms with E-state index in [1.807, 2.05) is 0 Å². The summed E-state index contributed by atoms with van der Waals surface area (Å²) >= 11 is 3.48. The summed E-state index contributed by atoms with van der Waals surface area (Å²) < 4.78 is 2.71. The van der Waals surface area contributed by atoms with Gasteiger partial charge in [0.15, 0.2) is 5.82 Å². The highest BCUT2D eigenvalue weighted by Crippen LogP contribution is 2.25. The van der Waals surface area contributed by atoms with Crippen molar-refractivity contribution in [1.29, 1.82) is 0 Å². The van der Waals surface area contributed by atoms with Gasteiger partial charge in [0.05, 0.1) is 0 Å². The van der Waals surface area contributed by atoms with Crippen LogP contribution in [0.25, 0.3) is 5.52 Å². The fourth-order valence-corrected chi connectivity index (χ4v) is 2.55. The van der Waals surface area contributed by atoms with Gasteiger partial charge in [-0.15, -0.1) is 0 Å². The SMILES string of the molecule is Nc1ncnn2c(Br)cc(CN3CCC3)c12. The van der Waals surface area contributed by atoms with Gasteiger partial charge < -0.3 is 5.73 Å². The van der Waals surface area contributed by atoms with Crippen molar-refractivity contribution in [2.24, 2.45) is 0 Å². The summed E-state index contributed by atoms with van der Waals surface area (Å²) in [5.41, 5.74) is 8.00. The van der Waals surface area contributed by atoms with E-state index in [0.717, 1.165) is 16.7 Å². The van der Waals surface area contributed by atoms with Gasteiger partial charge in [-0.3, -0.25) is 4.90 Å². The maximum absolute atomic E-state index is 5.89. The summed E-state index contributed by atoms with van der Waals surface area (Å²) in [7, 11) is 0. The third-order valence-electron chi connectivity index (χ3n) is 2.96. The lowest BCUT2D eigenvalue weighted by Gasteiger charge is -2.30. The minimum Gasteiger partial charge on any atom is -0.382 e. The smallest absolute Gasteiger partial charge is 0.151 e. The Hall–Kier alpha value is -1.14. The van der Waals surface area contributed by atoms with Gasteiger partial charge in [0, 0.05) is 6.54 Å². The van der Waals surface area contributed by atoms with Gasteiger partial charge in [0.2, 0.25) is 0 Å². The Bertz CT molecular complexity index is 531. The van der Waals surface area contributed by atoms with Crippen molar-refractivity contribution >= 4 is 27.3 Å². The molecule has 1 aliphatic heterocycles. The van der Waals surface area contributed by atoms with Gasteiger partial charge in [0.25, 0.3) is 0 Å². The van der Waals surface area contributed by atoms with Crippen molar-refractivity contribution in [3.63, 3.8) is 0 Å². The average molecular weight is 282 g/mol. The van der Waals surface area contributed by atoms with E-state index in [9.17, 15) is 0 Å². The normalized spacial score (nSPS) is 16.6. The molecule has 84 valence electrons. The summed E-state index contributed by atoms with van der Waals surface area (Å²) in [5, 5.41) is 4.17. The second-order valence-corrected chi connectivity index (χ2v) is 4.84. The topological polar surface area (TPSA) is 59.4 Å². The zero-order chi connectivity index (χ0) is 11.1. The van der Waals surface area contributed by atoms with Crippen LogP contribution in [0.2, 0.25) is 0 Å². The largest absolute Gasteiger partial charge is 0.382 e. The zero-order valence-corrected chi connectivity index (χ0v) is 10.3. The molecular formula is C10H12BrN5. The molecule has 1 aliphatic rings. The molecule has 3 heterocycles. The molecule has 0 radical (unpaired) electrons. The molecule has 0 aliphatic carbocycles. The number of fused-ring (bicyclic) bond motifs is 1. The Morgan fingerprint density at radius 3 is 2.94 bits per heavy atom. The van der Waals surface area contributed by atoms with E-state index in [1.165, 1.54) is 31.4 Å². The number of hydrogen-bond acceptors (Lipinski definition) is 4. The highest BCUT2D eigenvalue weighted by molar-refractivity contribution is 9.10. The summed E-state index contributed by atoms with van der Waals surface area (Å²) in [4.78, 5) is 6.42. The van der Waals surface area contributed by atoms with Gasteiger partial charge in [-0.2, -0.15) is 5.10 Å². The van der Waals surface area contributed by atoms with Gasteiger partial charge in [-0.1, -0.05) is 0 Å². The number of hydrogen-bond donors (Lipinski definition) is 1. The highest BCUT2D eigenvalue weighted by atomic mass is 79.9. The zero-order valence-electron chi connectivity index (χ0n) is 8.73. The first-order chi connectivity index (χ1) is 7.75. The van der Waals surface area contributed by atoms with Crippen molar-refractivity contribution < 1.29 is 0 Å². The Morgan fingerprint density at radius 1 is 1.44 bits per heavy atom. The second-order valence-electron chi connectivity index (χ2n) is 4.03. The Balaban J connectivity index is 2.09. The fraction of sp³-hybridized carbons (Fsp3) is 0.400. The number of nitrogens with zero attached hydrogens (tertiary/aromatic N) is 4. The molecule has 5 nitrogen and oxygen atoms in total. The quantitative estimate of drug-likeness (QED) is 0.901. The monoisotopic (exact) mass is 281 g/mol. The number of anilines is 1. The van der Waals surface area contributed by atoms with Gasteiger partial charge in [-0.25, -0.2) is 9.50 Å². The molecule has 0 amide bonds. The van der Waals surface area contributed by atoms with Crippen LogP contribution in [-0.2, 0) is 6.54 Å². The summed E-state index contributed by atoms with van der Waals surface area (Å²) in [5.74, 6) is 0.538. The second kappa shape index (κ2) is 3.71. The van der Waals surface area contributed by atoms with Crippen LogP contribution in [0.3, 0.4) is 0 Å². The fourth-order valence-electron chi connectivity index (χ4n) is 2.00. The number of nitrogens with two attached hydrogens (primary N) is 1. The Morgan fingerprint density at radius 2 is 2.25 bits per heavy atom. The van der Waals surface area contributed by atoms with Crippen LogP contribution < -0.4 is 5.73 Å². The molecule has 1 saturated heterocycles. The van der Waals surface area contributed by atoms with Gasteiger partial charge >= 0.3 is 0 Å². The molecule has 0 spiro atoms. The first-order valence-corrected chi connectivity index (χ1v) is 6.04. The molecule has 6 heteroatoms. The highest BCUT2D eigenvalue weighted by Gasteiger charge is 2.18. The maximum Gasteiger partial charge on any atom is 0.151 e. The van der Waals surface area contributed by atoms with Crippen LogP contribution in [0.4, 0.5) is 5.82 Å². The minimum absolute atomic E-state index is 0.538. The number of nitrogen functional groups attached to an aromatic ring is 1. The number of likely N-dealkylation sites (tertiary alicyclic amines) is 1.